The van der Waals surface area contributed by atoms with Gasteiger partial charge in [0.15, 0.2) is 5.82 Å². The molecule has 3 atom stereocenters. The maximum Gasteiger partial charge on any atom is 0.228 e. The number of hydrogen-bond donors (Lipinski definition) is 1. The molecule has 4 heteroatoms. The molecule has 4 nitrogen and oxygen atoms in total. The van der Waals surface area contributed by atoms with Gasteiger partial charge >= 0.3 is 0 Å². The lowest BCUT2D eigenvalue weighted by Gasteiger charge is -2.31. The number of fused-ring (bicyclic) bond motifs is 2. The highest BCUT2D eigenvalue weighted by Gasteiger charge is 2.42. The summed E-state index contributed by atoms with van der Waals surface area (Å²) in [7, 11) is 0. The van der Waals surface area contributed by atoms with E-state index in [0.29, 0.717) is 5.92 Å². The Morgan fingerprint density at radius 2 is 2.00 bits per heavy atom. The zero-order chi connectivity index (χ0) is 13.6. The van der Waals surface area contributed by atoms with E-state index in [1.165, 1.54) is 44.9 Å². The molecule has 20 heavy (non-hydrogen) atoms. The second kappa shape index (κ2) is 4.83. The molecular formula is C16H25N3O. The van der Waals surface area contributed by atoms with Crippen molar-refractivity contribution in [1.29, 1.82) is 0 Å². The molecule has 1 heterocycles. The van der Waals surface area contributed by atoms with Crippen LogP contribution in [0, 0.1) is 11.8 Å². The minimum absolute atomic E-state index is 0.100. The van der Waals surface area contributed by atoms with Crippen molar-refractivity contribution < 1.29 is 4.52 Å². The molecule has 1 aromatic rings. The molecule has 3 aliphatic carbocycles. The predicted molar refractivity (Wildman–Crippen MR) is 76.2 cm³/mol. The van der Waals surface area contributed by atoms with Crippen molar-refractivity contribution in [3.05, 3.63) is 11.7 Å². The molecule has 0 amide bonds. The van der Waals surface area contributed by atoms with Crippen LogP contribution in [0.3, 0.4) is 0 Å². The van der Waals surface area contributed by atoms with Crippen LogP contribution in [0.25, 0.3) is 0 Å². The summed E-state index contributed by atoms with van der Waals surface area (Å²) in [6.45, 7) is 0. The first-order valence-electron chi connectivity index (χ1n) is 8.33. The number of hydrogen-bond acceptors (Lipinski definition) is 4. The summed E-state index contributed by atoms with van der Waals surface area (Å²) >= 11 is 0. The van der Waals surface area contributed by atoms with Gasteiger partial charge in [0.1, 0.15) is 0 Å². The fraction of sp³-hybridized carbons (Fsp3) is 0.875. The molecule has 3 aliphatic rings. The SMILES string of the molecule is NC1(Cc2nc(C3CC4CCC3C4)no2)CCCCC1. The third-order valence-electron chi connectivity index (χ3n) is 5.91. The molecule has 4 rings (SSSR count). The van der Waals surface area contributed by atoms with Crippen LogP contribution in [-0.4, -0.2) is 15.7 Å². The van der Waals surface area contributed by atoms with Gasteiger partial charge in [-0.15, -0.1) is 0 Å². The van der Waals surface area contributed by atoms with Gasteiger partial charge < -0.3 is 10.3 Å². The second-order valence-electron chi connectivity index (χ2n) is 7.43. The topological polar surface area (TPSA) is 64.9 Å². The maximum atomic E-state index is 6.49. The summed E-state index contributed by atoms with van der Waals surface area (Å²) in [4.78, 5) is 4.69. The lowest BCUT2D eigenvalue weighted by molar-refractivity contribution is 0.260. The van der Waals surface area contributed by atoms with Crippen LogP contribution in [0.2, 0.25) is 0 Å². The predicted octanol–water partition coefficient (Wildman–Crippen LogP) is 3.18. The van der Waals surface area contributed by atoms with Crippen LogP contribution in [0.1, 0.15) is 75.4 Å². The molecule has 0 aromatic carbocycles. The molecule has 3 unspecified atom stereocenters. The zero-order valence-electron chi connectivity index (χ0n) is 12.2. The normalized spacial score (nSPS) is 35.5. The number of nitrogens with two attached hydrogens (primary N) is 1. The van der Waals surface area contributed by atoms with E-state index in [1.807, 2.05) is 0 Å². The average molecular weight is 275 g/mol. The third-order valence-corrected chi connectivity index (χ3v) is 5.91. The van der Waals surface area contributed by atoms with E-state index in [4.69, 9.17) is 15.2 Å². The molecule has 110 valence electrons. The molecule has 2 bridgehead atoms. The van der Waals surface area contributed by atoms with Gasteiger partial charge in [0, 0.05) is 17.9 Å². The first-order chi connectivity index (χ1) is 9.72. The van der Waals surface area contributed by atoms with Crippen molar-refractivity contribution in [2.75, 3.05) is 0 Å². The van der Waals surface area contributed by atoms with E-state index < -0.39 is 0 Å². The van der Waals surface area contributed by atoms with Gasteiger partial charge in [0.05, 0.1) is 0 Å². The molecule has 3 saturated carbocycles. The summed E-state index contributed by atoms with van der Waals surface area (Å²) in [5, 5.41) is 4.27. The smallest absolute Gasteiger partial charge is 0.228 e. The number of rotatable bonds is 3. The fourth-order valence-electron chi connectivity index (χ4n) is 4.79. The zero-order valence-corrected chi connectivity index (χ0v) is 12.2. The Hall–Kier alpha value is -0.900. The van der Waals surface area contributed by atoms with Crippen LogP contribution in [0.5, 0.6) is 0 Å². The van der Waals surface area contributed by atoms with Crippen molar-refractivity contribution in [3.63, 3.8) is 0 Å². The molecule has 3 fully saturated rings. The van der Waals surface area contributed by atoms with Crippen molar-refractivity contribution in [2.24, 2.45) is 17.6 Å². The molecule has 0 spiro atoms. The Balaban J connectivity index is 1.45. The molecule has 1 aromatic heterocycles. The first kappa shape index (κ1) is 12.8. The summed E-state index contributed by atoms with van der Waals surface area (Å²) in [5.41, 5.74) is 6.39. The van der Waals surface area contributed by atoms with Gasteiger partial charge in [-0.3, -0.25) is 0 Å². The average Bonchev–Trinajstić information content (AvgIpc) is 3.14. The van der Waals surface area contributed by atoms with Crippen LogP contribution in [0.4, 0.5) is 0 Å². The quantitative estimate of drug-likeness (QED) is 0.920. The van der Waals surface area contributed by atoms with Crippen molar-refractivity contribution in [3.8, 4) is 0 Å². The van der Waals surface area contributed by atoms with Gasteiger partial charge in [0.25, 0.3) is 0 Å². The Bertz CT molecular complexity index is 478. The maximum absolute atomic E-state index is 6.49. The highest BCUT2D eigenvalue weighted by molar-refractivity contribution is 5.07. The standard InChI is InChI=1S/C16H25N3O/c17-16(6-2-1-3-7-16)10-14-18-15(19-20-14)13-9-11-4-5-12(13)8-11/h11-13H,1-10,17H2. The Kier molecular flexibility index (Phi) is 3.09. The van der Waals surface area contributed by atoms with Gasteiger partial charge in [-0.05, 0) is 43.9 Å². The van der Waals surface area contributed by atoms with Crippen LogP contribution in [0.15, 0.2) is 4.52 Å². The monoisotopic (exact) mass is 275 g/mol. The molecule has 0 radical (unpaired) electrons. The molecular weight excluding hydrogens is 250 g/mol. The van der Waals surface area contributed by atoms with Crippen molar-refractivity contribution in [1.82, 2.24) is 10.1 Å². The highest BCUT2D eigenvalue weighted by Crippen LogP contribution is 2.52. The summed E-state index contributed by atoms with van der Waals surface area (Å²) in [5.74, 6) is 4.03. The number of aromatic nitrogens is 2. The summed E-state index contributed by atoms with van der Waals surface area (Å²) in [6, 6.07) is 0. The van der Waals surface area contributed by atoms with Gasteiger partial charge in [-0.25, -0.2) is 0 Å². The van der Waals surface area contributed by atoms with Gasteiger partial charge in [-0.1, -0.05) is 30.8 Å². The Morgan fingerprint density at radius 3 is 2.70 bits per heavy atom. The lowest BCUT2D eigenvalue weighted by atomic mass is 9.80. The minimum Gasteiger partial charge on any atom is -0.339 e. The number of nitrogens with zero attached hydrogens (tertiary/aromatic N) is 2. The molecule has 2 N–H and O–H groups in total. The van der Waals surface area contributed by atoms with E-state index in [-0.39, 0.29) is 5.54 Å². The molecule has 0 aliphatic heterocycles. The van der Waals surface area contributed by atoms with Crippen LogP contribution < -0.4 is 5.73 Å². The second-order valence-corrected chi connectivity index (χ2v) is 7.43. The van der Waals surface area contributed by atoms with Gasteiger partial charge in [0.2, 0.25) is 5.89 Å². The van der Waals surface area contributed by atoms with Crippen LogP contribution >= 0.6 is 0 Å². The first-order valence-corrected chi connectivity index (χ1v) is 8.33. The third kappa shape index (κ3) is 2.28. The Morgan fingerprint density at radius 1 is 1.15 bits per heavy atom. The molecule has 0 saturated heterocycles. The summed E-state index contributed by atoms with van der Waals surface area (Å²) in [6.07, 6.45) is 12.2. The van der Waals surface area contributed by atoms with E-state index in [2.05, 4.69) is 5.16 Å². The van der Waals surface area contributed by atoms with E-state index in [0.717, 1.165) is 42.8 Å². The van der Waals surface area contributed by atoms with Crippen molar-refractivity contribution in [2.45, 2.75) is 75.7 Å². The van der Waals surface area contributed by atoms with Gasteiger partial charge in [-0.2, -0.15) is 4.98 Å². The highest BCUT2D eigenvalue weighted by atomic mass is 16.5. The van der Waals surface area contributed by atoms with E-state index in [1.54, 1.807) is 0 Å². The van der Waals surface area contributed by atoms with Crippen molar-refractivity contribution >= 4 is 0 Å². The Labute approximate surface area is 120 Å². The lowest BCUT2D eigenvalue weighted by Crippen LogP contribution is -2.43. The van der Waals surface area contributed by atoms with E-state index in [9.17, 15) is 0 Å². The fourth-order valence-corrected chi connectivity index (χ4v) is 4.79. The van der Waals surface area contributed by atoms with Crippen LogP contribution in [-0.2, 0) is 6.42 Å². The largest absolute Gasteiger partial charge is 0.339 e. The van der Waals surface area contributed by atoms with E-state index >= 15 is 0 Å². The summed E-state index contributed by atoms with van der Waals surface area (Å²) < 4.78 is 5.51. The minimum atomic E-state index is -0.100.